The Labute approximate surface area is 236 Å². The summed E-state index contributed by atoms with van der Waals surface area (Å²) in [6.07, 6.45) is 1.27. The Morgan fingerprint density at radius 2 is 2.03 bits per heavy atom. The highest BCUT2D eigenvalue weighted by atomic mass is 35.5. The number of nitrogens with zero attached hydrogens (tertiary/aromatic N) is 4. The zero-order chi connectivity index (χ0) is 27.0. The van der Waals surface area contributed by atoms with Crippen LogP contribution in [-0.2, 0) is 25.7 Å². The van der Waals surface area contributed by atoms with E-state index >= 15 is 0 Å². The van der Waals surface area contributed by atoms with Crippen LogP contribution < -0.4 is 10.6 Å². The molecule has 16 heteroatoms. The molecule has 4 aromatic rings. The Balaban J connectivity index is 1.31. The van der Waals surface area contributed by atoms with E-state index in [4.69, 9.17) is 35.4 Å². The van der Waals surface area contributed by atoms with Crippen LogP contribution in [0.1, 0.15) is 6.42 Å². The molecule has 2 aromatic heterocycles. The molecule has 2 aromatic carbocycles. The second-order valence-corrected chi connectivity index (χ2v) is 11.7. The van der Waals surface area contributed by atoms with E-state index in [1.54, 1.807) is 18.2 Å². The lowest BCUT2D eigenvalue weighted by Crippen LogP contribution is -2.19. The Bertz CT molecular complexity index is 1680. The summed E-state index contributed by atoms with van der Waals surface area (Å²) in [5.74, 6) is -1.96. The van der Waals surface area contributed by atoms with Gasteiger partial charge < -0.3 is 15.4 Å². The van der Waals surface area contributed by atoms with Crippen LogP contribution in [0, 0.1) is 9.77 Å². The van der Waals surface area contributed by atoms with Gasteiger partial charge in [0.2, 0.25) is 5.91 Å². The number of benzene rings is 2. The normalized spacial score (nSPS) is 15.1. The van der Waals surface area contributed by atoms with Crippen LogP contribution in [0.4, 0.5) is 21.6 Å². The predicted molar refractivity (Wildman–Crippen MR) is 144 cm³/mol. The summed E-state index contributed by atoms with van der Waals surface area (Å²) in [5, 5.41) is 9.99. The van der Waals surface area contributed by atoms with Crippen molar-refractivity contribution >= 4 is 104 Å². The zero-order valence-corrected chi connectivity index (χ0v) is 22.7. The van der Waals surface area contributed by atoms with Gasteiger partial charge in [0.25, 0.3) is 0 Å². The number of cyclic esters (lactones) is 2. The molecule has 1 amide bonds. The Hall–Kier alpha value is -3.17. The number of esters is 2. The third-order valence-corrected chi connectivity index (χ3v) is 8.43. The van der Waals surface area contributed by atoms with E-state index in [9.17, 15) is 18.8 Å². The maximum Gasteiger partial charge on any atom is 0.327 e. The van der Waals surface area contributed by atoms with Crippen molar-refractivity contribution in [1.29, 1.82) is 0 Å². The van der Waals surface area contributed by atoms with Crippen molar-refractivity contribution in [1.82, 2.24) is 19.7 Å². The number of carbonyl (C=O) groups is 3. The molecule has 0 aliphatic carbocycles. The minimum Gasteiger partial charge on any atom is -0.392 e. The molecule has 1 aliphatic heterocycles. The van der Waals surface area contributed by atoms with Gasteiger partial charge in [-0.3, -0.25) is 14.4 Å². The zero-order valence-electron chi connectivity index (χ0n) is 18.7. The van der Waals surface area contributed by atoms with Crippen molar-refractivity contribution in [2.24, 2.45) is 0 Å². The Morgan fingerprint density at radius 3 is 2.79 bits per heavy atom. The average Bonchev–Trinajstić information content (AvgIpc) is 3.36. The first-order valence-corrected chi connectivity index (χ1v) is 13.5. The molecule has 2 N–H and O–H groups in total. The Kier molecular flexibility index (Phi) is 7.59. The summed E-state index contributed by atoms with van der Waals surface area (Å²) in [5.41, 5.74) is 1.04. The van der Waals surface area contributed by atoms with Crippen LogP contribution in [0.5, 0.6) is 0 Å². The fraction of sp³-hybridized carbons (Fsp3) is 0.136. The summed E-state index contributed by atoms with van der Waals surface area (Å²) in [6, 6.07) is 7.40. The minimum absolute atomic E-state index is 0.0451. The van der Waals surface area contributed by atoms with Gasteiger partial charge in [-0.2, -0.15) is 5.10 Å². The second kappa shape index (κ2) is 10.9. The van der Waals surface area contributed by atoms with Gasteiger partial charge in [-0.1, -0.05) is 46.3 Å². The lowest BCUT2D eigenvalue weighted by atomic mass is 10.2. The van der Waals surface area contributed by atoms with E-state index in [-0.39, 0.29) is 34.5 Å². The molecular formula is C22H13Cl2FN6O4S3. The Morgan fingerprint density at radius 1 is 1.24 bits per heavy atom. The predicted octanol–water partition coefficient (Wildman–Crippen LogP) is 5.38. The van der Waals surface area contributed by atoms with Crippen molar-refractivity contribution in [3.05, 3.63) is 56.5 Å². The van der Waals surface area contributed by atoms with Crippen LogP contribution in [0.2, 0.25) is 10.0 Å². The number of anilines is 3. The van der Waals surface area contributed by atoms with Crippen LogP contribution in [0.25, 0.3) is 10.9 Å². The summed E-state index contributed by atoms with van der Waals surface area (Å²) in [4.78, 5) is 44.1. The largest absolute Gasteiger partial charge is 0.392 e. The number of ether oxygens (including phenoxy) is 1. The van der Waals surface area contributed by atoms with Crippen LogP contribution >= 0.6 is 58.5 Å². The van der Waals surface area contributed by atoms with Crippen molar-refractivity contribution in [2.75, 3.05) is 10.6 Å². The number of aromatic nitrogens is 4. The van der Waals surface area contributed by atoms with E-state index in [2.05, 4.69) is 30.4 Å². The molecule has 0 saturated carbocycles. The molecule has 1 saturated heterocycles. The highest BCUT2D eigenvalue weighted by Gasteiger charge is 2.35. The van der Waals surface area contributed by atoms with Gasteiger partial charge in [-0.25, -0.2) is 19.0 Å². The van der Waals surface area contributed by atoms with Crippen LogP contribution in [0.3, 0.4) is 0 Å². The van der Waals surface area contributed by atoms with Crippen molar-refractivity contribution < 1.29 is 23.5 Å². The molecule has 1 atom stereocenters. The maximum absolute atomic E-state index is 14.4. The molecule has 5 rings (SSSR count). The van der Waals surface area contributed by atoms with Crippen molar-refractivity contribution in [3.63, 3.8) is 0 Å². The molecule has 0 spiro atoms. The third-order valence-electron chi connectivity index (χ3n) is 5.14. The number of hydrogen-bond acceptors (Lipinski definition) is 11. The van der Waals surface area contributed by atoms with Gasteiger partial charge in [0.15, 0.2) is 8.29 Å². The molecule has 3 heterocycles. The van der Waals surface area contributed by atoms with Crippen LogP contribution in [-0.4, -0.2) is 42.8 Å². The number of amides is 1. The van der Waals surface area contributed by atoms with E-state index in [1.807, 2.05) is 0 Å². The van der Waals surface area contributed by atoms with Crippen LogP contribution in [0.15, 0.2) is 41.0 Å². The summed E-state index contributed by atoms with van der Waals surface area (Å²) < 4.78 is 21.0. The van der Waals surface area contributed by atoms with Gasteiger partial charge in [0.1, 0.15) is 29.8 Å². The number of nitrogens with one attached hydrogen (secondary N) is 2. The van der Waals surface area contributed by atoms with Gasteiger partial charge in [0, 0.05) is 11.1 Å². The quantitative estimate of drug-likeness (QED) is 0.122. The number of hydrogen-bond donors (Lipinski definition) is 2. The molecule has 1 aliphatic rings. The molecule has 0 radical (unpaired) electrons. The highest BCUT2D eigenvalue weighted by molar-refractivity contribution is 8.02. The molecule has 38 heavy (non-hydrogen) atoms. The fourth-order valence-corrected chi connectivity index (χ4v) is 6.26. The first kappa shape index (κ1) is 26.4. The number of rotatable bonds is 7. The lowest BCUT2D eigenvalue weighted by molar-refractivity contribution is -0.151. The number of thioether (sulfide) groups is 1. The van der Waals surface area contributed by atoms with Gasteiger partial charge in [-0.15, -0.1) is 0 Å². The summed E-state index contributed by atoms with van der Waals surface area (Å²) in [7, 11) is 0. The second-order valence-electron chi connectivity index (χ2n) is 7.77. The van der Waals surface area contributed by atoms with E-state index < -0.39 is 28.9 Å². The number of fused-ring (bicyclic) bond motifs is 1. The highest BCUT2D eigenvalue weighted by Crippen LogP contribution is 2.33. The molecule has 1 fully saturated rings. The average molecular weight is 611 g/mol. The van der Waals surface area contributed by atoms with Crippen molar-refractivity contribution in [2.45, 2.75) is 22.6 Å². The molecule has 1 unspecified atom stereocenters. The standard InChI is InChI=1S/C22H13Cl2FN6O4S3/c23-11-4-13(25)15(5-12(11)24)29-19-10-3-9(1-2-14(10)26-8-27-19)28-17(32)7-31-22(36)38-21(30-31)37-16-6-18(33)35-20(16)34/h1-5,8,16H,6-7H2,(H,28,32)(H,26,27,29). The smallest absolute Gasteiger partial charge is 0.327 e. The first-order chi connectivity index (χ1) is 18.2. The SMILES string of the molecule is O=C(Cn1nc(SC2CC(=O)OC2=O)sc1=S)Nc1ccc2ncnc(Nc3cc(Cl)c(Cl)cc3F)c2c1. The maximum atomic E-state index is 14.4. The third kappa shape index (κ3) is 5.78. The van der Waals surface area contributed by atoms with Gasteiger partial charge >= 0.3 is 11.9 Å². The molecule has 10 nitrogen and oxygen atoms in total. The minimum atomic E-state index is -0.690. The topological polar surface area (TPSA) is 128 Å². The van der Waals surface area contributed by atoms with Crippen molar-refractivity contribution in [3.8, 4) is 0 Å². The molecule has 0 bridgehead atoms. The number of carbonyl (C=O) groups excluding carboxylic acids is 3. The summed E-state index contributed by atoms with van der Waals surface area (Å²) >= 11 is 19.4. The van der Waals surface area contributed by atoms with E-state index in [1.165, 1.54) is 17.1 Å². The lowest BCUT2D eigenvalue weighted by Gasteiger charge is -2.12. The monoisotopic (exact) mass is 610 g/mol. The molecule has 194 valence electrons. The summed E-state index contributed by atoms with van der Waals surface area (Å²) in [6.45, 7) is -0.188. The van der Waals surface area contributed by atoms with E-state index in [0.29, 0.717) is 24.9 Å². The fourth-order valence-electron chi connectivity index (χ4n) is 3.42. The molecular weight excluding hydrogens is 598 g/mol. The van der Waals surface area contributed by atoms with Gasteiger partial charge in [-0.05, 0) is 42.5 Å². The first-order valence-electron chi connectivity index (χ1n) is 10.6. The van der Waals surface area contributed by atoms with Gasteiger partial charge in [0.05, 0.1) is 27.7 Å². The number of halogens is 3. The van der Waals surface area contributed by atoms with E-state index in [0.717, 1.165) is 29.2 Å².